The van der Waals surface area contributed by atoms with E-state index in [4.69, 9.17) is 19.7 Å². The highest BCUT2D eigenvalue weighted by atomic mass is 16.5. The molecule has 0 saturated carbocycles. The predicted molar refractivity (Wildman–Crippen MR) is 120 cm³/mol. The first kappa shape index (κ1) is 22.1. The number of aromatic carboxylic acids is 2. The molecule has 160 valence electrons. The Morgan fingerprint density at radius 3 is 1.22 bits per heavy atom. The molecule has 0 saturated heterocycles. The zero-order chi connectivity index (χ0) is 22.8. The van der Waals surface area contributed by atoms with Crippen LogP contribution in [0.1, 0.15) is 20.7 Å². The van der Waals surface area contributed by atoms with Crippen LogP contribution in [0.15, 0.2) is 109 Å². The molecule has 0 unspecified atom stereocenters. The van der Waals surface area contributed by atoms with Crippen LogP contribution in [0.4, 0.5) is 0 Å². The molecule has 0 bridgehead atoms. The molecule has 0 aromatic heterocycles. The predicted octanol–water partition coefficient (Wildman–Crippen LogP) is 6.35. The number of carboxylic acid groups (broad SMARTS) is 2. The van der Waals surface area contributed by atoms with Crippen LogP contribution >= 0.6 is 0 Å². The molecule has 0 fully saturated rings. The third-order valence-electron chi connectivity index (χ3n) is 4.13. The molecule has 32 heavy (non-hydrogen) atoms. The molecule has 0 aliphatic carbocycles. The first-order chi connectivity index (χ1) is 15.5. The lowest BCUT2D eigenvalue weighted by Gasteiger charge is -2.12. The minimum absolute atomic E-state index is 0.107. The van der Waals surface area contributed by atoms with Crippen molar-refractivity contribution in [1.82, 2.24) is 0 Å². The number of hydrogen-bond acceptors (Lipinski definition) is 4. The van der Waals surface area contributed by atoms with E-state index in [1.807, 2.05) is 36.4 Å². The highest BCUT2D eigenvalue weighted by Gasteiger charge is 2.10. The summed E-state index contributed by atoms with van der Waals surface area (Å²) >= 11 is 0. The Labute approximate surface area is 184 Å². The molecule has 6 heteroatoms. The highest BCUT2D eigenvalue weighted by Crippen LogP contribution is 2.35. The summed E-state index contributed by atoms with van der Waals surface area (Å²) in [6.45, 7) is 0. The lowest BCUT2D eigenvalue weighted by atomic mass is 10.2. The van der Waals surface area contributed by atoms with E-state index in [0.29, 0.717) is 23.0 Å². The van der Waals surface area contributed by atoms with Crippen molar-refractivity contribution < 1.29 is 29.3 Å². The van der Waals surface area contributed by atoms with Gasteiger partial charge >= 0.3 is 11.9 Å². The van der Waals surface area contributed by atoms with Gasteiger partial charge in [-0.2, -0.15) is 0 Å². The average molecular weight is 428 g/mol. The Morgan fingerprint density at radius 1 is 0.500 bits per heavy atom. The van der Waals surface area contributed by atoms with Crippen molar-refractivity contribution in [2.75, 3.05) is 0 Å². The number of benzene rings is 4. The van der Waals surface area contributed by atoms with Crippen LogP contribution in [-0.2, 0) is 0 Å². The number of hydrogen-bond donors (Lipinski definition) is 2. The number of rotatable bonds is 6. The summed E-state index contributed by atoms with van der Waals surface area (Å²) in [5.41, 5.74) is 0.213. The first-order valence-electron chi connectivity index (χ1n) is 9.64. The minimum atomic E-state index is -1.05. The van der Waals surface area contributed by atoms with E-state index in [9.17, 15) is 9.59 Å². The van der Waals surface area contributed by atoms with Crippen molar-refractivity contribution in [2.45, 2.75) is 0 Å². The van der Waals surface area contributed by atoms with Crippen LogP contribution in [0.3, 0.4) is 0 Å². The molecule has 4 aromatic carbocycles. The van der Waals surface area contributed by atoms with E-state index in [1.165, 1.54) is 24.3 Å². The fourth-order valence-corrected chi connectivity index (χ4v) is 2.64. The summed E-state index contributed by atoms with van der Waals surface area (Å²) in [6, 6.07) is 31.0. The molecule has 4 rings (SSSR count). The average Bonchev–Trinajstić information content (AvgIpc) is 2.82. The topological polar surface area (TPSA) is 93.1 Å². The number of ether oxygens (including phenoxy) is 2. The largest absolute Gasteiger partial charge is 0.478 e. The van der Waals surface area contributed by atoms with E-state index >= 15 is 0 Å². The highest BCUT2D eigenvalue weighted by molar-refractivity contribution is 5.88. The molecule has 0 aliphatic rings. The summed E-state index contributed by atoms with van der Waals surface area (Å²) in [6.07, 6.45) is 0. The molecule has 0 heterocycles. The van der Waals surface area contributed by atoms with Gasteiger partial charge in [0.25, 0.3) is 0 Å². The summed E-state index contributed by atoms with van der Waals surface area (Å²) in [7, 11) is 0. The maximum Gasteiger partial charge on any atom is 0.335 e. The SMILES string of the molecule is O=C(O)c1cccc(Oc2ccccc2Oc2cccc(C(=O)O)c2)c1.c1ccccc1. The smallest absolute Gasteiger partial charge is 0.335 e. The first-order valence-corrected chi connectivity index (χ1v) is 9.64. The molecule has 0 radical (unpaired) electrons. The minimum Gasteiger partial charge on any atom is -0.478 e. The summed E-state index contributed by atoms with van der Waals surface area (Å²) < 4.78 is 11.5. The van der Waals surface area contributed by atoms with Crippen molar-refractivity contribution >= 4 is 11.9 Å². The zero-order valence-electron chi connectivity index (χ0n) is 16.9. The van der Waals surface area contributed by atoms with Gasteiger partial charge in [0, 0.05) is 0 Å². The number of para-hydroxylation sites is 2. The molecule has 4 aromatic rings. The van der Waals surface area contributed by atoms with Crippen LogP contribution in [0.2, 0.25) is 0 Å². The van der Waals surface area contributed by atoms with Gasteiger partial charge in [-0.05, 0) is 48.5 Å². The Morgan fingerprint density at radius 2 is 0.875 bits per heavy atom. The van der Waals surface area contributed by atoms with Crippen molar-refractivity contribution in [1.29, 1.82) is 0 Å². The molecule has 2 N–H and O–H groups in total. The van der Waals surface area contributed by atoms with Crippen LogP contribution in [0.25, 0.3) is 0 Å². The molecular weight excluding hydrogens is 408 g/mol. The van der Waals surface area contributed by atoms with E-state index in [2.05, 4.69) is 0 Å². The van der Waals surface area contributed by atoms with Gasteiger partial charge in [0.15, 0.2) is 11.5 Å². The third kappa shape index (κ3) is 6.47. The number of carboxylic acids is 2. The van der Waals surface area contributed by atoms with Crippen molar-refractivity contribution in [3.8, 4) is 23.0 Å². The molecule has 6 nitrogen and oxygen atoms in total. The van der Waals surface area contributed by atoms with Crippen LogP contribution in [-0.4, -0.2) is 22.2 Å². The van der Waals surface area contributed by atoms with Crippen LogP contribution < -0.4 is 9.47 Å². The van der Waals surface area contributed by atoms with E-state index in [-0.39, 0.29) is 11.1 Å². The number of carbonyl (C=O) groups is 2. The Bertz CT molecular complexity index is 1080. The quantitative estimate of drug-likeness (QED) is 0.371. The molecular formula is C26H20O6. The summed E-state index contributed by atoms with van der Waals surface area (Å²) in [5, 5.41) is 18.1. The Kier molecular flexibility index (Phi) is 7.59. The lowest BCUT2D eigenvalue weighted by Crippen LogP contribution is -1.97. The van der Waals surface area contributed by atoms with Gasteiger partial charge in [-0.15, -0.1) is 0 Å². The Balaban J connectivity index is 0.000000416. The van der Waals surface area contributed by atoms with Gasteiger partial charge in [0.2, 0.25) is 0 Å². The van der Waals surface area contributed by atoms with Gasteiger partial charge in [0.05, 0.1) is 11.1 Å². The Hall–Kier alpha value is -4.58. The monoisotopic (exact) mass is 428 g/mol. The lowest BCUT2D eigenvalue weighted by molar-refractivity contribution is 0.0685. The van der Waals surface area contributed by atoms with Crippen molar-refractivity contribution in [2.24, 2.45) is 0 Å². The van der Waals surface area contributed by atoms with Gasteiger partial charge < -0.3 is 19.7 Å². The molecule has 0 amide bonds. The van der Waals surface area contributed by atoms with Crippen molar-refractivity contribution in [3.63, 3.8) is 0 Å². The summed E-state index contributed by atoms with van der Waals surface area (Å²) in [5.74, 6) is -0.664. The fourth-order valence-electron chi connectivity index (χ4n) is 2.64. The zero-order valence-corrected chi connectivity index (χ0v) is 16.9. The van der Waals surface area contributed by atoms with Gasteiger partial charge in [0.1, 0.15) is 11.5 Å². The van der Waals surface area contributed by atoms with Gasteiger partial charge in [-0.25, -0.2) is 9.59 Å². The maximum atomic E-state index is 11.1. The normalized spacial score (nSPS) is 9.75. The van der Waals surface area contributed by atoms with E-state index in [1.54, 1.807) is 48.5 Å². The van der Waals surface area contributed by atoms with Crippen molar-refractivity contribution in [3.05, 3.63) is 120 Å². The maximum absolute atomic E-state index is 11.1. The summed E-state index contributed by atoms with van der Waals surface area (Å²) in [4.78, 5) is 22.1. The standard InChI is InChI=1S/C20H14O6.C6H6/c21-19(22)13-5-3-7-15(11-13)25-17-9-1-2-10-18(17)26-16-8-4-6-14(12-16)20(23)24;1-2-4-6-5-3-1/h1-12H,(H,21,22)(H,23,24);1-6H. The second-order valence-corrected chi connectivity index (χ2v) is 6.47. The van der Waals surface area contributed by atoms with Gasteiger partial charge in [-0.1, -0.05) is 60.7 Å². The van der Waals surface area contributed by atoms with E-state index < -0.39 is 11.9 Å². The van der Waals surface area contributed by atoms with Crippen LogP contribution in [0.5, 0.6) is 23.0 Å². The second kappa shape index (κ2) is 11.0. The molecule has 0 atom stereocenters. The van der Waals surface area contributed by atoms with E-state index in [0.717, 1.165) is 0 Å². The fraction of sp³-hybridized carbons (Fsp3) is 0. The third-order valence-corrected chi connectivity index (χ3v) is 4.13. The van der Waals surface area contributed by atoms with Gasteiger partial charge in [-0.3, -0.25) is 0 Å². The second-order valence-electron chi connectivity index (χ2n) is 6.47. The van der Waals surface area contributed by atoms with Crippen LogP contribution in [0, 0.1) is 0 Å². The molecule has 0 spiro atoms. The molecule has 0 aliphatic heterocycles.